The molecule has 0 saturated carbocycles. The van der Waals surface area contributed by atoms with Crippen molar-refractivity contribution in [3.63, 3.8) is 0 Å². The van der Waals surface area contributed by atoms with Gasteiger partial charge in [0, 0.05) is 25.2 Å². The number of thiazole rings is 1. The molecule has 0 aliphatic rings. The van der Waals surface area contributed by atoms with Crippen molar-refractivity contribution in [2.75, 3.05) is 25.5 Å². The molecule has 1 aromatic heterocycles. The SMILES string of the molecule is CN(CC(=O)N(C)c1nccs1)Cc1ccc(Cl)c(Cl)c1. The van der Waals surface area contributed by atoms with Crippen LogP contribution in [0.4, 0.5) is 5.13 Å². The van der Waals surface area contributed by atoms with E-state index in [0.717, 1.165) is 5.56 Å². The second-order valence-corrected chi connectivity index (χ2v) is 6.38. The van der Waals surface area contributed by atoms with Crippen molar-refractivity contribution in [3.05, 3.63) is 45.4 Å². The van der Waals surface area contributed by atoms with E-state index in [0.29, 0.717) is 28.3 Å². The number of halogens is 2. The maximum absolute atomic E-state index is 12.2. The van der Waals surface area contributed by atoms with Gasteiger partial charge in [-0.2, -0.15) is 0 Å². The van der Waals surface area contributed by atoms with Crippen molar-refractivity contribution in [2.24, 2.45) is 0 Å². The number of carbonyl (C=O) groups excluding carboxylic acids is 1. The van der Waals surface area contributed by atoms with E-state index in [-0.39, 0.29) is 5.91 Å². The fourth-order valence-corrected chi connectivity index (χ4v) is 2.78. The molecule has 2 aromatic rings. The summed E-state index contributed by atoms with van der Waals surface area (Å²) in [6.45, 7) is 0.921. The lowest BCUT2D eigenvalue weighted by molar-refractivity contribution is -0.119. The topological polar surface area (TPSA) is 36.4 Å². The van der Waals surface area contributed by atoms with E-state index in [9.17, 15) is 4.79 Å². The fourth-order valence-electron chi connectivity index (χ4n) is 1.83. The molecular formula is C14H15Cl2N3OS. The van der Waals surface area contributed by atoms with E-state index >= 15 is 0 Å². The predicted octanol–water partition coefficient (Wildman–Crippen LogP) is 3.54. The molecule has 0 unspecified atom stereocenters. The number of anilines is 1. The first-order valence-corrected chi connectivity index (χ1v) is 7.89. The lowest BCUT2D eigenvalue weighted by Crippen LogP contribution is -2.36. The molecule has 1 aromatic carbocycles. The normalized spacial score (nSPS) is 10.9. The van der Waals surface area contributed by atoms with Gasteiger partial charge in [0.1, 0.15) is 0 Å². The van der Waals surface area contributed by atoms with Gasteiger partial charge in [-0.05, 0) is 24.7 Å². The van der Waals surface area contributed by atoms with Gasteiger partial charge in [-0.1, -0.05) is 29.3 Å². The molecule has 1 heterocycles. The third-order valence-electron chi connectivity index (χ3n) is 2.92. The summed E-state index contributed by atoms with van der Waals surface area (Å²) in [5.41, 5.74) is 1.01. The average molecular weight is 344 g/mol. The number of benzene rings is 1. The largest absolute Gasteiger partial charge is 0.293 e. The molecule has 1 amide bonds. The Kier molecular flexibility index (Phi) is 5.58. The van der Waals surface area contributed by atoms with Crippen LogP contribution >= 0.6 is 34.5 Å². The molecule has 0 radical (unpaired) electrons. The van der Waals surface area contributed by atoms with Crippen LogP contribution < -0.4 is 4.90 Å². The third-order valence-corrected chi connectivity index (χ3v) is 4.51. The van der Waals surface area contributed by atoms with Gasteiger partial charge >= 0.3 is 0 Å². The summed E-state index contributed by atoms with van der Waals surface area (Å²) in [7, 11) is 3.62. The lowest BCUT2D eigenvalue weighted by Gasteiger charge is -2.20. The van der Waals surface area contributed by atoms with Gasteiger partial charge in [-0.3, -0.25) is 14.6 Å². The van der Waals surface area contributed by atoms with Gasteiger partial charge < -0.3 is 0 Å². The minimum atomic E-state index is -0.00693. The van der Waals surface area contributed by atoms with Gasteiger partial charge in [0.05, 0.1) is 16.6 Å². The molecule has 112 valence electrons. The van der Waals surface area contributed by atoms with Gasteiger partial charge in [-0.25, -0.2) is 4.98 Å². The minimum absolute atomic E-state index is 0.00693. The third kappa shape index (κ3) is 4.41. The lowest BCUT2D eigenvalue weighted by atomic mass is 10.2. The maximum atomic E-state index is 12.2. The van der Waals surface area contributed by atoms with Crippen LogP contribution in [0.15, 0.2) is 29.8 Å². The highest BCUT2D eigenvalue weighted by Gasteiger charge is 2.15. The second kappa shape index (κ2) is 7.22. The van der Waals surface area contributed by atoms with E-state index in [1.54, 1.807) is 24.2 Å². The van der Waals surface area contributed by atoms with Crippen LogP contribution in [0.2, 0.25) is 10.0 Å². The number of rotatable bonds is 5. The second-order valence-electron chi connectivity index (χ2n) is 4.69. The van der Waals surface area contributed by atoms with E-state index in [1.165, 1.54) is 11.3 Å². The van der Waals surface area contributed by atoms with E-state index < -0.39 is 0 Å². The fraction of sp³-hybridized carbons (Fsp3) is 0.286. The molecule has 0 bridgehead atoms. The highest BCUT2D eigenvalue weighted by Crippen LogP contribution is 2.23. The number of aromatic nitrogens is 1. The number of nitrogens with zero attached hydrogens (tertiary/aromatic N) is 3. The maximum Gasteiger partial charge on any atom is 0.242 e. The van der Waals surface area contributed by atoms with E-state index in [1.807, 2.05) is 29.5 Å². The number of carbonyl (C=O) groups is 1. The molecular weight excluding hydrogens is 329 g/mol. The molecule has 0 saturated heterocycles. The van der Waals surface area contributed by atoms with Crippen molar-refractivity contribution in [1.82, 2.24) is 9.88 Å². The van der Waals surface area contributed by atoms with Crippen LogP contribution in [0.3, 0.4) is 0 Å². The van der Waals surface area contributed by atoms with Crippen LogP contribution in [0, 0.1) is 0 Å². The number of hydrogen-bond donors (Lipinski definition) is 0. The van der Waals surface area contributed by atoms with Crippen molar-refractivity contribution in [2.45, 2.75) is 6.54 Å². The van der Waals surface area contributed by atoms with Gasteiger partial charge in [0.15, 0.2) is 5.13 Å². The first-order valence-electron chi connectivity index (χ1n) is 6.26. The highest BCUT2D eigenvalue weighted by molar-refractivity contribution is 7.13. The molecule has 0 atom stereocenters. The Morgan fingerprint density at radius 3 is 2.67 bits per heavy atom. The quantitative estimate of drug-likeness (QED) is 0.832. The minimum Gasteiger partial charge on any atom is -0.293 e. The number of hydrogen-bond acceptors (Lipinski definition) is 4. The van der Waals surface area contributed by atoms with Crippen molar-refractivity contribution in [3.8, 4) is 0 Å². The molecule has 0 fully saturated rings. The Morgan fingerprint density at radius 2 is 2.05 bits per heavy atom. The summed E-state index contributed by atoms with van der Waals surface area (Å²) >= 11 is 13.3. The Hall–Kier alpha value is -1.14. The Morgan fingerprint density at radius 1 is 1.29 bits per heavy atom. The number of amides is 1. The van der Waals surface area contributed by atoms with Gasteiger partial charge in [0.25, 0.3) is 0 Å². The van der Waals surface area contributed by atoms with Crippen molar-refractivity contribution < 1.29 is 4.79 Å². The molecule has 0 aliphatic heterocycles. The smallest absolute Gasteiger partial charge is 0.242 e. The summed E-state index contributed by atoms with van der Waals surface area (Å²) < 4.78 is 0. The van der Waals surface area contributed by atoms with Crippen LogP contribution in [0.1, 0.15) is 5.56 Å². The standard InChI is InChI=1S/C14H15Cl2N3OS/c1-18(8-10-3-4-11(15)12(16)7-10)9-13(20)19(2)14-17-5-6-21-14/h3-7H,8-9H2,1-2H3. The van der Waals surface area contributed by atoms with Crippen LogP contribution in [0.25, 0.3) is 0 Å². The molecule has 21 heavy (non-hydrogen) atoms. The molecule has 7 heteroatoms. The first-order chi connectivity index (χ1) is 9.97. The first kappa shape index (κ1) is 16.2. The van der Waals surface area contributed by atoms with Crippen molar-refractivity contribution >= 4 is 45.6 Å². The van der Waals surface area contributed by atoms with Gasteiger partial charge in [-0.15, -0.1) is 11.3 Å². The van der Waals surface area contributed by atoms with Gasteiger partial charge in [0.2, 0.25) is 5.91 Å². The molecule has 0 spiro atoms. The monoisotopic (exact) mass is 343 g/mol. The van der Waals surface area contributed by atoms with E-state index in [4.69, 9.17) is 23.2 Å². The van der Waals surface area contributed by atoms with Crippen LogP contribution in [-0.2, 0) is 11.3 Å². The average Bonchev–Trinajstić information content (AvgIpc) is 2.96. The van der Waals surface area contributed by atoms with E-state index in [2.05, 4.69) is 4.98 Å². The molecule has 0 N–H and O–H groups in total. The highest BCUT2D eigenvalue weighted by atomic mass is 35.5. The summed E-state index contributed by atoms with van der Waals surface area (Å²) in [5.74, 6) is -0.00693. The summed E-state index contributed by atoms with van der Waals surface area (Å²) in [6.07, 6.45) is 1.68. The number of likely N-dealkylation sites (N-methyl/N-ethyl adjacent to an activating group) is 2. The Balaban J connectivity index is 1.93. The summed E-state index contributed by atoms with van der Waals surface area (Å²) in [4.78, 5) is 19.8. The zero-order valence-electron chi connectivity index (χ0n) is 11.7. The van der Waals surface area contributed by atoms with Crippen LogP contribution in [-0.4, -0.2) is 36.4 Å². The summed E-state index contributed by atoms with van der Waals surface area (Å²) in [5, 5.41) is 3.60. The predicted molar refractivity (Wildman–Crippen MR) is 88.3 cm³/mol. The Labute approximate surface area is 137 Å². The molecule has 2 rings (SSSR count). The zero-order chi connectivity index (χ0) is 15.4. The zero-order valence-corrected chi connectivity index (χ0v) is 14.0. The Bertz CT molecular complexity index is 619. The van der Waals surface area contributed by atoms with Crippen molar-refractivity contribution in [1.29, 1.82) is 0 Å². The molecule has 0 aliphatic carbocycles. The molecule has 4 nitrogen and oxygen atoms in total. The summed E-state index contributed by atoms with van der Waals surface area (Å²) in [6, 6.07) is 5.48. The van der Waals surface area contributed by atoms with Crippen LogP contribution in [0.5, 0.6) is 0 Å².